The molecule has 2 heterocycles. The van der Waals surface area contributed by atoms with Crippen LogP contribution in [-0.2, 0) is 14.3 Å². The Bertz CT molecular complexity index is 309. The Morgan fingerprint density at radius 3 is 2.67 bits per heavy atom. The molecule has 0 bridgehead atoms. The number of unbranched alkanes of at least 4 members (excludes halogenated alkanes) is 1. The van der Waals surface area contributed by atoms with E-state index >= 15 is 0 Å². The minimum Gasteiger partial charge on any atom is -0.381 e. The van der Waals surface area contributed by atoms with E-state index in [1.807, 2.05) is 0 Å². The van der Waals surface area contributed by atoms with Crippen molar-refractivity contribution in [1.82, 2.24) is 10.2 Å². The highest BCUT2D eigenvalue weighted by atomic mass is 16.5. The van der Waals surface area contributed by atoms with E-state index in [9.17, 15) is 4.79 Å². The molecule has 0 saturated carbocycles. The van der Waals surface area contributed by atoms with Crippen molar-refractivity contribution >= 4 is 5.91 Å². The maximum Gasteiger partial charge on any atom is 0.225 e. The highest BCUT2D eigenvalue weighted by Crippen LogP contribution is 2.13. The second kappa shape index (κ2) is 8.71. The second-order valence-electron chi connectivity index (χ2n) is 6.43. The molecule has 5 heteroatoms. The fourth-order valence-corrected chi connectivity index (χ4v) is 3.23. The molecule has 3 atom stereocenters. The Hall–Kier alpha value is -0.650. The van der Waals surface area contributed by atoms with Gasteiger partial charge in [-0.2, -0.15) is 0 Å². The SMILES string of the molecule is C[C@@H]1CN(CCCCNC(=O)[C@H]2CCCOC2)C[C@@H](C)O1. The lowest BCUT2D eigenvalue weighted by molar-refractivity contribution is -0.128. The third kappa shape index (κ3) is 5.93. The third-order valence-corrected chi connectivity index (χ3v) is 4.23. The van der Waals surface area contributed by atoms with Crippen molar-refractivity contribution in [2.75, 3.05) is 39.4 Å². The van der Waals surface area contributed by atoms with E-state index in [1.165, 1.54) is 0 Å². The molecular formula is C16H30N2O3. The van der Waals surface area contributed by atoms with Crippen molar-refractivity contribution in [2.45, 2.75) is 51.7 Å². The van der Waals surface area contributed by atoms with Gasteiger partial charge in [-0.15, -0.1) is 0 Å². The molecule has 0 spiro atoms. The van der Waals surface area contributed by atoms with E-state index in [1.54, 1.807) is 0 Å². The van der Waals surface area contributed by atoms with Crippen molar-refractivity contribution in [2.24, 2.45) is 5.92 Å². The van der Waals surface area contributed by atoms with Crippen molar-refractivity contribution in [1.29, 1.82) is 0 Å². The van der Waals surface area contributed by atoms with E-state index in [-0.39, 0.29) is 11.8 Å². The largest absolute Gasteiger partial charge is 0.381 e. The number of hydrogen-bond donors (Lipinski definition) is 1. The van der Waals surface area contributed by atoms with Crippen LogP contribution in [0.3, 0.4) is 0 Å². The number of nitrogens with zero attached hydrogens (tertiary/aromatic N) is 1. The topological polar surface area (TPSA) is 50.8 Å². The summed E-state index contributed by atoms with van der Waals surface area (Å²) in [5.41, 5.74) is 0. The number of rotatable bonds is 6. The molecular weight excluding hydrogens is 268 g/mol. The van der Waals surface area contributed by atoms with Crippen LogP contribution in [0.25, 0.3) is 0 Å². The van der Waals surface area contributed by atoms with E-state index in [0.717, 1.165) is 58.5 Å². The number of nitrogens with one attached hydrogen (secondary N) is 1. The number of carbonyl (C=O) groups is 1. The number of amides is 1. The van der Waals surface area contributed by atoms with Gasteiger partial charge in [-0.1, -0.05) is 0 Å². The van der Waals surface area contributed by atoms with E-state index < -0.39 is 0 Å². The fourth-order valence-electron chi connectivity index (χ4n) is 3.23. The van der Waals surface area contributed by atoms with E-state index in [4.69, 9.17) is 9.47 Å². The minimum atomic E-state index is 0.0692. The molecule has 122 valence electrons. The Morgan fingerprint density at radius 2 is 2.00 bits per heavy atom. The zero-order valence-corrected chi connectivity index (χ0v) is 13.5. The quantitative estimate of drug-likeness (QED) is 0.754. The van der Waals surface area contributed by atoms with Crippen molar-refractivity contribution in [3.63, 3.8) is 0 Å². The van der Waals surface area contributed by atoms with Crippen LogP contribution in [0.5, 0.6) is 0 Å². The summed E-state index contributed by atoms with van der Waals surface area (Å²) in [7, 11) is 0. The molecule has 2 rings (SSSR count). The summed E-state index contributed by atoms with van der Waals surface area (Å²) >= 11 is 0. The molecule has 0 aliphatic carbocycles. The first-order valence-corrected chi connectivity index (χ1v) is 8.38. The van der Waals surface area contributed by atoms with Crippen LogP contribution < -0.4 is 5.32 Å². The van der Waals surface area contributed by atoms with Gasteiger partial charge < -0.3 is 14.8 Å². The average Bonchev–Trinajstić information content (AvgIpc) is 2.46. The number of ether oxygens (including phenoxy) is 2. The van der Waals surface area contributed by atoms with Gasteiger partial charge in [-0.3, -0.25) is 9.69 Å². The molecule has 2 saturated heterocycles. The van der Waals surface area contributed by atoms with Crippen molar-refractivity contribution < 1.29 is 14.3 Å². The lowest BCUT2D eigenvalue weighted by Crippen LogP contribution is -2.45. The van der Waals surface area contributed by atoms with E-state index in [2.05, 4.69) is 24.1 Å². The lowest BCUT2D eigenvalue weighted by atomic mass is 10.0. The van der Waals surface area contributed by atoms with Crippen molar-refractivity contribution in [3.05, 3.63) is 0 Å². The zero-order valence-electron chi connectivity index (χ0n) is 13.5. The van der Waals surface area contributed by atoms with Crippen LogP contribution >= 0.6 is 0 Å². The monoisotopic (exact) mass is 298 g/mol. The number of morpholine rings is 1. The number of hydrogen-bond acceptors (Lipinski definition) is 4. The Morgan fingerprint density at radius 1 is 1.24 bits per heavy atom. The maximum atomic E-state index is 11.9. The molecule has 21 heavy (non-hydrogen) atoms. The Balaban J connectivity index is 1.52. The predicted molar refractivity (Wildman–Crippen MR) is 82.2 cm³/mol. The summed E-state index contributed by atoms with van der Waals surface area (Å²) in [5, 5.41) is 3.05. The molecule has 0 unspecified atom stereocenters. The summed E-state index contributed by atoms with van der Waals surface area (Å²) in [4.78, 5) is 14.4. The molecule has 2 fully saturated rings. The predicted octanol–water partition coefficient (Wildman–Crippen LogP) is 1.42. The molecule has 0 radical (unpaired) electrons. The van der Waals surface area contributed by atoms with Gasteiger partial charge in [-0.25, -0.2) is 0 Å². The lowest BCUT2D eigenvalue weighted by Gasteiger charge is -2.35. The normalized spacial score (nSPS) is 31.0. The van der Waals surface area contributed by atoms with E-state index in [0.29, 0.717) is 18.8 Å². The van der Waals surface area contributed by atoms with Gasteiger partial charge in [0.1, 0.15) is 0 Å². The molecule has 5 nitrogen and oxygen atoms in total. The first kappa shape index (κ1) is 16.7. The first-order valence-electron chi connectivity index (χ1n) is 8.38. The van der Waals surface area contributed by atoms with Gasteiger partial charge in [-0.05, 0) is 46.1 Å². The zero-order chi connectivity index (χ0) is 15.1. The summed E-state index contributed by atoms with van der Waals surface area (Å²) < 4.78 is 11.1. The standard InChI is InChI=1S/C16H30N2O3/c1-13-10-18(11-14(2)21-13)8-4-3-7-17-16(19)15-6-5-9-20-12-15/h13-15H,3-12H2,1-2H3,(H,17,19)/t13-,14-,15+/m1/s1. The van der Waals surface area contributed by atoms with Gasteiger partial charge in [0.05, 0.1) is 24.7 Å². The molecule has 1 N–H and O–H groups in total. The molecule has 0 aromatic heterocycles. The highest BCUT2D eigenvalue weighted by molar-refractivity contribution is 5.78. The highest BCUT2D eigenvalue weighted by Gasteiger charge is 2.22. The van der Waals surface area contributed by atoms with Crippen LogP contribution in [0.4, 0.5) is 0 Å². The smallest absolute Gasteiger partial charge is 0.225 e. The average molecular weight is 298 g/mol. The molecule has 1 amide bonds. The molecule has 0 aromatic rings. The fraction of sp³-hybridized carbons (Fsp3) is 0.938. The van der Waals surface area contributed by atoms with Crippen LogP contribution in [0.2, 0.25) is 0 Å². The van der Waals surface area contributed by atoms with Crippen LogP contribution in [0, 0.1) is 5.92 Å². The Kier molecular flexibility index (Phi) is 6.93. The van der Waals surface area contributed by atoms with Crippen LogP contribution in [0.1, 0.15) is 39.5 Å². The van der Waals surface area contributed by atoms with Gasteiger partial charge in [0.25, 0.3) is 0 Å². The van der Waals surface area contributed by atoms with Gasteiger partial charge in [0.15, 0.2) is 0 Å². The second-order valence-corrected chi connectivity index (χ2v) is 6.43. The van der Waals surface area contributed by atoms with Crippen LogP contribution in [-0.4, -0.2) is 62.4 Å². The van der Waals surface area contributed by atoms with Crippen molar-refractivity contribution in [3.8, 4) is 0 Å². The summed E-state index contributed by atoms with van der Waals surface area (Å²) in [5.74, 6) is 0.239. The summed E-state index contributed by atoms with van der Waals surface area (Å²) in [6.07, 6.45) is 4.81. The summed E-state index contributed by atoms with van der Waals surface area (Å²) in [6.45, 7) is 9.59. The molecule has 2 aliphatic heterocycles. The van der Waals surface area contributed by atoms with Gasteiger partial charge in [0.2, 0.25) is 5.91 Å². The third-order valence-electron chi connectivity index (χ3n) is 4.23. The molecule has 0 aromatic carbocycles. The maximum absolute atomic E-state index is 11.9. The Labute approximate surface area is 128 Å². The first-order chi connectivity index (χ1) is 10.1. The minimum absolute atomic E-state index is 0.0692. The van der Waals surface area contributed by atoms with Gasteiger partial charge in [0, 0.05) is 26.2 Å². The van der Waals surface area contributed by atoms with Crippen LogP contribution in [0.15, 0.2) is 0 Å². The molecule has 2 aliphatic rings. The summed E-state index contributed by atoms with van der Waals surface area (Å²) in [6, 6.07) is 0. The van der Waals surface area contributed by atoms with Gasteiger partial charge >= 0.3 is 0 Å². The number of carbonyl (C=O) groups excluding carboxylic acids is 1.